The van der Waals surface area contributed by atoms with Gasteiger partial charge in [-0.05, 0) is 41.3 Å². The number of pyridine rings is 1. The highest BCUT2D eigenvalue weighted by Gasteiger charge is 2.13. The van der Waals surface area contributed by atoms with Crippen LogP contribution in [-0.2, 0) is 26.1 Å². The molecule has 0 bridgehead atoms. The van der Waals surface area contributed by atoms with Gasteiger partial charge in [0.25, 0.3) is 5.56 Å². The molecule has 0 saturated carbocycles. The zero-order chi connectivity index (χ0) is 24.1. The van der Waals surface area contributed by atoms with Crippen LogP contribution in [0.4, 0.5) is 16.0 Å². The lowest BCUT2D eigenvalue weighted by atomic mass is 10.1. The summed E-state index contributed by atoms with van der Waals surface area (Å²) >= 11 is 0. The second-order valence-corrected chi connectivity index (χ2v) is 8.02. The molecule has 0 atom stereocenters. The average Bonchev–Trinajstić information content (AvgIpc) is 2.85. The van der Waals surface area contributed by atoms with E-state index in [0.717, 1.165) is 22.1 Å². The van der Waals surface area contributed by atoms with Gasteiger partial charge in [0.05, 0.1) is 13.1 Å². The molecular formula is C26H26FN5O2. The first-order chi connectivity index (χ1) is 16.4. The molecular weight excluding hydrogens is 433 g/mol. The van der Waals surface area contributed by atoms with Gasteiger partial charge in [0.1, 0.15) is 17.5 Å². The molecule has 0 aliphatic heterocycles. The fraction of sp³-hybridized carbons (Fsp3) is 0.192. The Kier molecular flexibility index (Phi) is 6.87. The molecule has 0 unspecified atom stereocenters. The predicted octanol–water partition coefficient (Wildman–Crippen LogP) is 3.40. The molecule has 0 saturated heterocycles. The van der Waals surface area contributed by atoms with Crippen molar-refractivity contribution < 1.29 is 4.39 Å². The summed E-state index contributed by atoms with van der Waals surface area (Å²) in [7, 11) is 0. The Morgan fingerprint density at radius 3 is 2.18 bits per heavy atom. The quantitative estimate of drug-likeness (QED) is 0.421. The number of nitrogens with two attached hydrogens (primary N) is 1. The van der Waals surface area contributed by atoms with E-state index in [4.69, 9.17) is 5.73 Å². The van der Waals surface area contributed by atoms with E-state index in [0.29, 0.717) is 23.7 Å². The molecule has 0 amide bonds. The molecule has 0 aliphatic carbocycles. The standard InChI is InChI=1S/C26H26FN5O2/c1-2-18-5-7-19(8-6-18)16-31-23(30-15-21-4-3-13-29-25(21)28)14-24(33)32(26(31)34)17-20-9-11-22(27)12-10-20/h3-14,30H,2,15-17H2,1H3,(H2,28,29). The Morgan fingerprint density at radius 1 is 0.912 bits per heavy atom. The molecule has 0 fully saturated rings. The van der Waals surface area contributed by atoms with Crippen molar-refractivity contribution in [2.24, 2.45) is 0 Å². The van der Waals surface area contributed by atoms with Crippen LogP contribution in [0.3, 0.4) is 0 Å². The minimum Gasteiger partial charge on any atom is -0.383 e. The average molecular weight is 460 g/mol. The smallest absolute Gasteiger partial charge is 0.333 e. The van der Waals surface area contributed by atoms with E-state index < -0.39 is 11.2 Å². The molecule has 4 aromatic rings. The number of rotatable bonds is 8. The Balaban J connectivity index is 1.72. The van der Waals surface area contributed by atoms with Gasteiger partial charge < -0.3 is 11.1 Å². The summed E-state index contributed by atoms with van der Waals surface area (Å²) in [6.07, 6.45) is 2.52. The molecule has 4 rings (SSSR count). The highest BCUT2D eigenvalue weighted by atomic mass is 19.1. The number of anilines is 2. The van der Waals surface area contributed by atoms with Crippen molar-refractivity contribution in [1.82, 2.24) is 14.1 Å². The van der Waals surface area contributed by atoms with Crippen LogP contribution in [0.2, 0.25) is 0 Å². The molecule has 34 heavy (non-hydrogen) atoms. The van der Waals surface area contributed by atoms with Gasteiger partial charge in [-0.1, -0.05) is 49.4 Å². The highest BCUT2D eigenvalue weighted by Crippen LogP contribution is 2.13. The maximum Gasteiger partial charge on any atom is 0.333 e. The van der Waals surface area contributed by atoms with Gasteiger partial charge in [0, 0.05) is 24.4 Å². The zero-order valence-electron chi connectivity index (χ0n) is 18.9. The minimum atomic E-state index is -0.460. The van der Waals surface area contributed by atoms with Gasteiger partial charge in [-0.15, -0.1) is 0 Å². The Labute approximate surface area is 196 Å². The zero-order valence-corrected chi connectivity index (χ0v) is 18.9. The first-order valence-corrected chi connectivity index (χ1v) is 11.0. The van der Waals surface area contributed by atoms with Gasteiger partial charge in [0.15, 0.2) is 0 Å². The largest absolute Gasteiger partial charge is 0.383 e. The fourth-order valence-corrected chi connectivity index (χ4v) is 3.68. The molecule has 2 aromatic heterocycles. The molecule has 3 N–H and O–H groups in total. The van der Waals surface area contributed by atoms with Crippen LogP contribution in [0, 0.1) is 5.82 Å². The summed E-state index contributed by atoms with van der Waals surface area (Å²) in [6.45, 7) is 2.70. The van der Waals surface area contributed by atoms with Gasteiger partial charge in [-0.25, -0.2) is 14.2 Å². The van der Waals surface area contributed by atoms with Crippen molar-refractivity contribution >= 4 is 11.6 Å². The van der Waals surface area contributed by atoms with Crippen molar-refractivity contribution in [1.29, 1.82) is 0 Å². The van der Waals surface area contributed by atoms with Crippen LogP contribution in [0.25, 0.3) is 0 Å². The SMILES string of the molecule is CCc1ccc(Cn2c(NCc3cccnc3N)cc(=O)n(Cc3ccc(F)cc3)c2=O)cc1. The Bertz CT molecular complexity index is 1390. The van der Waals surface area contributed by atoms with Crippen LogP contribution in [0.15, 0.2) is 82.5 Å². The molecule has 8 heteroatoms. The van der Waals surface area contributed by atoms with Crippen molar-refractivity contribution in [3.63, 3.8) is 0 Å². The topological polar surface area (TPSA) is 94.9 Å². The number of nitrogens with one attached hydrogen (secondary N) is 1. The normalized spacial score (nSPS) is 10.9. The number of nitrogen functional groups attached to an aromatic ring is 1. The van der Waals surface area contributed by atoms with Crippen LogP contribution < -0.4 is 22.3 Å². The summed E-state index contributed by atoms with van der Waals surface area (Å²) < 4.78 is 16.0. The molecule has 174 valence electrons. The van der Waals surface area contributed by atoms with E-state index in [1.54, 1.807) is 24.4 Å². The lowest BCUT2D eigenvalue weighted by Gasteiger charge is -2.17. The van der Waals surface area contributed by atoms with Crippen LogP contribution in [0.1, 0.15) is 29.2 Å². The Hall–Kier alpha value is -4.20. The summed E-state index contributed by atoms with van der Waals surface area (Å²) in [6, 6.07) is 18.7. The third-order valence-corrected chi connectivity index (χ3v) is 5.69. The summed E-state index contributed by atoms with van der Waals surface area (Å²) in [5, 5.41) is 3.17. The number of hydrogen-bond acceptors (Lipinski definition) is 5. The fourth-order valence-electron chi connectivity index (χ4n) is 3.68. The lowest BCUT2D eigenvalue weighted by Crippen LogP contribution is -2.41. The number of benzene rings is 2. The van der Waals surface area contributed by atoms with Crippen molar-refractivity contribution in [3.8, 4) is 0 Å². The lowest BCUT2D eigenvalue weighted by molar-refractivity contribution is 0.610. The first-order valence-electron chi connectivity index (χ1n) is 11.0. The first kappa shape index (κ1) is 23.0. The minimum absolute atomic E-state index is 0.0442. The maximum atomic E-state index is 13.5. The van der Waals surface area contributed by atoms with Crippen molar-refractivity contribution in [2.75, 3.05) is 11.1 Å². The van der Waals surface area contributed by atoms with Crippen LogP contribution >= 0.6 is 0 Å². The van der Waals surface area contributed by atoms with E-state index in [-0.39, 0.29) is 18.9 Å². The molecule has 0 radical (unpaired) electrons. The molecule has 2 aromatic carbocycles. The van der Waals surface area contributed by atoms with E-state index in [2.05, 4.69) is 17.2 Å². The van der Waals surface area contributed by atoms with E-state index >= 15 is 0 Å². The molecule has 0 aliphatic rings. The second-order valence-electron chi connectivity index (χ2n) is 8.02. The van der Waals surface area contributed by atoms with Crippen molar-refractivity contribution in [2.45, 2.75) is 33.0 Å². The molecule has 2 heterocycles. The number of nitrogens with zero attached hydrogens (tertiary/aromatic N) is 3. The van der Waals surface area contributed by atoms with Crippen LogP contribution in [0.5, 0.6) is 0 Å². The maximum absolute atomic E-state index is 13.5. The summed E-state index contributed by atoms with van der Waals surface area (Å²) in [5.41, 5.74) is 8.56. The predicted molar refractivity (Wildman–Crippen MR) is 131 cm³/mol. The van der Waals surface area contributed by atoms with E-state index in [1.165, 1.54) is 28.3 Å². The molecule has 0 spiro atoms. The van der Waals surface area contributed by atoms with Gasteiger partial charge in [-0.3, -0.25) is 13.9 Å². The van der Waals surface area contributed by atoms with Gasteiger partial charge >= 0.3 is 5.69 Å². The number of halogens is 1. The highest BCUT2D eigenvalue weighted by molar-refractivity contribution is 5.43. The van der Waals surface area contributed by atoms with Crippen molar-refractivity contribution in [3.05, 3.63) is 122 Å². The van der Waals surface area contributed by atoms with E-state index in [9.17, 15) is 14.0 Å². The van der Waals surface area contributed by atoms with Gasteiger partial charge in [0.2, 0.25) is 0 Å². The van der Waals surface area contributed by atoms with E-state index in [1.807, 2.05) is 30.3 Å². The summed E-state index contributed by atoms with van der Waals surface area (Å²) in [4.78, 5) is 30.4. The third kappa shape index (κ3) is 5.23. The summed E-state index contributed by atoms with van der Waals surface area (Å²) in [5.74, 6) is 0.384. The number of aromatic nitrogens is 3. The molecule has 7 nitrogen and oxygen atoms in total. The number of hydrogen-bond donors (Lipinski definition) is 2. The third-order valence-electron chi connectivity index (χ3n) is 5.69. The number of aryl methyl sites for hydroxylation is 1. The van der Waals surface area contributed by atoms with Crippen LogP contribution in [-0.4, -0.2) is 14.1 Å². The Morgan fingerprint density at radius 2 is 1.53 bits per heavy atom. The monoisotopic (exact) mass is 459 g/mol. The second kappa shape index (κ2) is 10.2. The van der Waals surface area contributed by atoms with Gasteiger partial charge in [-0.2, -0.15) is 0 Å².